The van der Waals surface area contributed by atoms with E-state index in [1.54, 1.807) is 0 Å². The summed E-state index contributed by atoms with van der Waals surface area (Å²) >= 11 is 4.17. The van der Waals surface area contributed by atoms with Crippen LogP contribution in [-0.4, -0.2) is 12.3 Å². The molecule has 2 rings (SSSR count). The van der Waals surface area contributed by atoms with Crippen LogP contribution < -0.4 is 5.32 Å². The van der Waals surface area contributed by atoms with Crippen molar-refractivity contribution in [2.24, 2.45) is 0 Å². The van der Waals surface area contributed by atoms with Crippen LogP contribution in [0.2, 0.25) is 0 Å². The van der Waals surface area contributed by atoms with Crippen LogP contribution in [0.25, 0.3) is 0 Å². The Morgan fingerprint density at radius 2 is 2.08 bits per heavy atom. The third kappa shape index (κ3) is 1.99. The molecule has 0 aromatic heterocycles. The molecular weight excluding hydrogens is 178 g/mol. The van der Waals surface area contributed by atoms with E-state index in [4.69, 9.17) is 0 Å². The normalized spacial score (nSPS) is 14.2. The minimum absolute atomic E-state index is 0.886. The van der Waals surface area contributed by atoms with Gasteiger partial charge < -0.3 is 5.32 Å². The summed E-state index contributed by atoms with van der Waals surface area (Å²) in [6.07, 6.45) is 3.85. The first kappa shape index (κ1) is 8.95. The summed E-state index contributed by atoms with van der Waals surface area (Å²) in [5.74, 6) is 0.886. The number of thiol groups is 1. The molecule has 0 spiro atoms. The van der Waals surface area contributed by atoms with Crippen molar-refractivity contribution in [1.82, 2.24) is 0 Å². The van der Waals surface area contributed by atoms with Crippen LogP contribution in [0, 0.1) is 0 Å². The summed E-state index contributed by atoms with van der Waals surface area (Å²) in [7, 11) is 0. The first-order valence-electron chi connectivity index (χ1n) is 4.86. The van der Waals surface area contributed by atoms with Crippen molar-refractivity contribution in [3.05, 3.63) is 29.3 Å². The van der Waals surface area contributed by atoms with Crippen molar-refractivity contribution < 1.29 is 0 Å². The van der Waals surface area contributed by atoms with Gasteiger partial charge in [0.2, 0.25) is 0 Å². The van der Waals surface area contributed by atoms with Gasteiger partial charge in [0, 0.05) is 18.0 Å². The van der Waals surface area contributed by atoms with Gasteiger partial charge >= 0.3 is 0 Å². The molecule has 0 heterocycles. The molecule has 0 amide bonds. The summed E-state index contributed by atoms with van der Waals surface area (Å²) in [4.78, 5) is 0. The maximum Gasteiger partial charge on any atom is 0.0343 e. The molecule has 1 aromatic rings. The van der Waals surface area contributed by atoms with E-state index in [9.17, 15) is 0 Å². The number of fused-ring (bicyclic) bond motifs is 1. The maximum atomic E-state index is 4.17. The lowest BCUT2D eigenvalue weighted by Crippen LogP contribution is -2.02. The third-order valence-corrected chi connectivity index (χ3v) is 2.76. The Balaban J connectivity index is 2.12. The van der Waals surface area contributed by atoms with Gasteiger partial charge in [0.05, 0.1) is 0 Å². The van der Waals surface area contributed by atoms with Gasteiger partial charge in [-0.2, -0.15) is 12.6 Å². The van der Waals surface area contributed by atoms with Crippen LogP contribution >= 0.6 is 12.6 Å². The Bertz CT molecular complexity index is 296. The summed E-state index contributed by atoms with van der Waals surface area (Å²) in [6, 6.07) is 6.71. The molecule has 2 heteroatoms. The molecule has 0 atom stereocenters. The quantitative estimate of drug-likeness (QED) is 0.703. The number of benzene rings is 1. The van der Waals surface area contributed by atoms with Gasteiger partial charge in [0.25, 0.3) is 0 Å². The highest BCUT2D eigenvalue weighted by Crippen LogP contribution is 2.24. The Labute approximate surface area is 85.0 Å². The first-order valence-corrected chi connectivity index (χ1v) is 5.50. The summed E-state index contributed by atoms with van der Waals surface area (Å²) < 4.78 is 0. The van der Waals surface area contributed by atoms with Crippen LogP contribution in [0.1, 0.15) is 17.5 Å². The van der Waals surface area contributed by atoms with Gasteiger partial charge in [-0.25, -0.2) is 0 Å². The lowest BCUT2D eigenvalue weighted by molar-refractivity contribution is 0.912. The van der Waals surface area contributed by atoms with Crippen molar-refractivity contribution in [2.75, 3.05) is 17.6 Å². The summed E-state index contributed by atoms with van der Waals surface area (Å²) in [6.45, 7) is 0.946. The molecule has 1 aliphatic carbocycles. The molecule has 1 N–H and O–H groups in total. The fraction of sp³-hybridized carbons (Fsp3) is 0.455. The highest BCUT2D eigenvalue weighted by Gasteiger charge is 2.09. The molecule has 0 saturated heterocycles. The Kier molecular flexibility index (Phi) is 2.79. The minimum Gasteiger partial charge on any atom is -0.384 e. The van der Waals surface area contributed by atoms with E-state index in [0.717, 1.165) is 12.3 Å². The average Bonchev–Trinajstić information content (AvgIpc) is 2.61. The molecule has 13 heavy (non-hydrogen) atoms. The number of hydrogen-bond acceptors (Lipinski definition) is 2. The number of hydrogen-bond donors (Lipinski definition) is 2. The zero-order chi connectivity index (χ0) is 9.10. The molecule has 0 aliphatic heterocycles. The van der Waals surface area contributed by atoms with Crippen molar-refractivity contribution >= 4 is 18.3 Å². The third-order valence-electron chi connectivity index (χ3n) is 2.54. The Morgan fingerprint density at radius 3 is 2.92 bits per heavy atom. The zero-order valence-electron chi connectivity index (χ0n) is 7.71. The van der Waals surface area contributed by atoms with Crippen molar-refractivity contribution in [3.8, 4) is 0 Å². The highest BCUT2D eigenvalue weighted by molar-refractivity contribution is 7.80. The zero-order valence-corrected chi connectivity index (χ0v) is 8.61. The van der Waals surface area contributed by atoms with Gasteiger partial charge in [-0.1, -0.05) is 6.07 Å². The smallest absolute Gasteiger partial charge is 0.0343 e. The molecule has 1 aromatic carbocycles. The van der Waals surface area contributed by atoms with E-state index >= 15 is 0 Å². The van der Waals surface area contributed by atoms with Gasteiger partial charge in [0.15, 0.2) is 0 Å². The SMILES string of the molecule is SCCNc1ccc2c(c1)CCC2. The molecule has 70 valence electrons. The fourth-order valence-corrected chi connectivity index (χ4v) is 1.99. The Morgan fingerprint density at radius 1 is 1.23 bits per heavy atom. The van der Waals surface area contributed by atoms with Gasteiger partial charge in [0.1, 0.15) is 0 Å². The van der Waals surface area contributed by atoms with Gasteiger partial charge in [-0.05, 0) is 42.5 Å². The van der Waals surface area contributed by atoms with Crippen LogP contribution in [0.15, 0.2) is 18.2 Å². The van der Waals surface area contributed by atoms with E-state index in [-0.39, 0.29) is 0 Å². The number of anilines is 1. The number of rotatable bonds is 3. The predicted octanol–water partition coefficient (Wildman–Crippen LogP) is 2.52. The molecule has 1 nitrogen and oxygen atoms in total. The second kappa shape index (κ2) is 4.05. The van der Waals surface area contributed by atoms with Crippen molar-refractivity contribution in [3.63, 3.8) is 0 Å². The molecule has 0 unspecified atom stereocenters. The van der Waals surface area contributed by atoms with E-state index in [1.165, 1.54) is 36.1 Å². The fourth-order valence-electron chi connectivity index (χ4n) is 1.88. The second-order valence-electron chi connectivity index (χ2n) is 3.49. The molecule has 1 aliphatic rings. The molecule has 0 bridgehead atoms. The average molecular weight is 193 g/mol. The van der Waals surface area contributed by atoms with Gasteiger partial charge in [-0.3, -0.25) is 0 Å². The largest absolute Gasteiger partial charge is 0.384 e. The van der Waals surface area contributed by atoms with E-state index < -0.39 is 0 Å². The lowest BCUT2D eigenvalue weighted by Gasteiger charge is -2.06. The van der Waals surface area contributed by atoms with Crippen LogP contribution in [0.4, 0.5) is 5.69 Å². The minimum atomic E-state index is 0.886. The van der Waals surface area contributed by atoms with Crippen LogP contribution in [0.3, 0.4) is 0 Å². The van der Waals surface area contributed by atoms with E-state index in [2.05, 4.69) is 36.1 Å². The second-order valence-corrected chi connectivity index (χ2v) is 3.93. The Hall–Kier alpha value is -0.630. The number of aryl methyl sites for hydroxylation is 2. The lowest BCUT2D eigenvalue weighted by atomic mass is 10.1. The first-order chi connectivity index (χ1) is 6.40. The molecule has 0 fully saturated rings. The van der Waals surface area contributed by atoms with Crippen LogP contribution in [-0.2, 0) is 12.8 Å². The standard InChI is InChI=1S/C11H15NS/c13-7-6-12-11-5-4-9-2-1-3-10(9)8-11/h4-5,8,12-13H,1-3,6-7H2. The molecule has 0 radical (unpaired) electrons. The monoisotopic (exact) mass is 193 g/mol. The predicted molar refractivity (Wildman–Crippen MR) is 60.8 cm³/mol. The van der Waals surface area contributed by atoms with Crippen molar-refractivity contribution in [1.29, 1.82) is 0 Å². The van der Waals surface area contributed by atoms with E-state index in [0.29, 0.717) is 0 Å². The van der Waals surface area contributed by atoms with Crippen LogP contribution in [0.5, 0.6) is 0 Å². The maximum absolute atomic E-state index is 4.17. The van der Waals surface area contributed by atoms with Crippen molar-refractivity contribution in [2.45, 2.75) is 19.3 Å². The highest BCUT2D eigenvalue weighted by atomic mass is 32.1. The number of nitrogens with one attached hydrogen (secondary N) is 1. The topological polar surface area (TPSA) is 12.0 Å². The molecular formula is C11H15NS. The summed E-state index contributed by atoms with van der Waals surface area (Å²) in [5.41, 5.74) is 4.32. The molecule has 0 saturated carbocycles. The van der Waals surface area contributed by atoms with E-state index in [1.807, 2.05) is 0 Å². The van der Waals surface area contributed by atoms with Gasteiger partial charge in [-0.15, -0.1) is 0 Å². The summed E-state index contributed by atoms with van der Waals surface area (Å²) in [5, 5.41) is 3.35.